The molecule has 1 aromatic carbocycles. The summed E-state index contributed by atoms with van der Waals surface area (Å²) in [4.78, 5) is 17.7. The Balaban J connectivity index is 1.52. The van der Waals surface area contributed by atoms with Gasteiger partial charge >= 0.3 is 0 Å². The van der Waals surface area contributed by atoms with E-state index in [1.54, 1.807) is 14.0 Å². The highest BCUT2D eigenvalue weighted by molar-refractivity contribution is 5.78. The summed E-state index contributed by atoms with van der Waals surface area (Å²) in [7, 11) is 1.70. The number of aryl methyl sites for hydroxylation is 2. The van der Waals surface area contributed by atoms with Crippen LogP contribution >= 0.6 is 0 Å². The average molecular weight is 398 g/mol. The Hall–Kier alpha value is -2.37. The monoisotopic (exact) mass is 397 g/mol. The van der Waals surface area contributed by atoms with Crippen LogP contribution in [0.25, 0.3) is 0 Å². The molecule has 1 atom stereocenters. The van der Waals surface area contributed by atoms with Crippen LogP contribution in [0.5, 0.6) is 5.75 Å². The average Bonchev–Trinajstić information content (AvgIpc) is 3.03. The minimum atomic E-state index is -0.497. The van der Waals surface area contributed by atoms with Crippen molar-refractivity contribution in [3.05, 3.63) is 41.0 Å². The molecule has 1 N–H and O–H groups in total. The number of aromatic nitrogens is 2. The number of carbonyl (C=O) groups is 1. The van der Waals surface area contributed by atoms with Gasteiger partial charge in [-0.15, -0.1) is 0 Å². The van der Waals surface area contributed by atoms with Gasteiger partial charge in [-0.2, -0.15) is 4.98 Å². The normalized spacial score (nSPS) is 21.1. The Bertz CT molecular complexity index is 853. The summed E-state index contributed by atoms with van der Waals surface area (Å²) in [5.74, 6) is 2.41. The van der Waals surface area contributed by atoms with Gasteiger partial charge in [0.1, 0.15) is 11.3 Å². The predicted octanol–water partition coefficient (Wildman–Crippen LogP) is 4.56. The first-order valence-corrected chi connectivity index (χ1v) is 10.9. The van der Waals surface area contributed by atoms with Crippen molar-refractivity contribution < 1.29 is 14.1 Å². The van der Waals surface area contributed by atoms with Gasteiger partial charge in [-0.1, -0.05) is 36.9 Å². The fraction of sp³-hybridized carbons (Fsp3) is 0.609. The van der Waals surface area contributed by atoms with Gasteiger partial charge in [0.2, 0.25) is 11.8 Å². The van der Waals surface area contributed by atoms with Crippen LogP contribution in [0.15, 0.2) is 22.7 Å². The molecule has 1 aromatic heterocycles. The lowest BCUT2D eigenvalue weighted by Crippen LogP contribution is -2.47. The molecule has 0 spiro atoms. The molecule has 4 rings (SSSR count). The van der Waals surface area contributed by atoms with Crippen molar-refractivity contribution in [3.8, 4) is 5.75 Å². The number of carbonyl (C=O) groups excluding carboxylic acids is 1. The molecular weight excluding hydrogens is 366 g/mol. The van der Waals surface area contributed by atoms with Gasteiger partial charge in [0.15, 0.2) is 5.82 Å². The van der Waals surface area contributed by atoms with E-state index in [4.69, 9.17) is 9.26 Å². The number of methoxy groups -OCH3 is 1. The molecule has 0 radical (unpaired) electrons. The summed E-state index contributed by atoms with van der Waals surface area (Å²) in [6.45, 7) is 1.80. The van der Waals surface area contributed by atoms with Gasteiger partial charge < -0.3 is 14.6 Å². The zero-order valence-electron chi connectivity index (χ0n) is 17.5. The lowest BCUT2D eigenvalue weighted by atomic mass is 9.80. The van der Waals surface area contributed by atoms with E-state index >= 15 is 0 Å². The second-order valence-corrected chi connectivity index (χ2v) is 8.54. The molecule has 1 unspecified atom stereocenters. The van der Waals surface area contributed by atoms with Crippen LogP contribution < -0.4 is 10.1 Å². The number of benzene rings is 1. The SMILES string of the molecule is COc1ccc2c(c1)CCCC2CC(=O)NC1(c2noc(C)n2)CCCCCC1. The fourth-order valence-corrected chi connectivity index (χ4v) is 5.00. The van der Waals surface area contributed by atoms with Crippen molar-refractivity contribution in [3.63, 3.8) is 0 Å². The minimum absolute atomic E-state index is 0.0861. The van der Waals surface area contributed by atoms with Crippen LogP contribution in [-0.2, 0) is 16.8 Å². The highest BCUT2D eigenvalue weighted by Gasteiger charge is 2.39. The molecule has 0 bridgehead atoms. The molecule has 6 nitrogen and oxygen atoms in total. The Kier molecular flexibility index (Phi) is 5.88. The first kappa shape index (κ1) is 19.9. The van der Waals surface area contributed by atoms with Gasteiger partial charge in [-0.05, 0) is 61.3 Å². The molecule has 1 saturated carbocycles. The Morgan fingerprint density at radius 3 is 2.72 bits per heavy atom. The number of fused-ring (bicyclic) bond motifs is 1. The van der Waals surface area contributed by atoms with E-state index in [-0.39, 0.29) is 11.8 Å². The lowest BCUT2D eigenvalue weighted by molar-refractivity contribution is -0.124. The maximum absolute atomic E-state index is 13.2. The Morgan fingerprint density at radius 1 is 1.24 bits per heavy atom. The maximum atomic E-state index is 13.2. The molecule has 2 aliphatic carbocycles. The van der Waals surface area contributed by atoms with Crippen LogP contribution in [0.3, 0.4) is 0 Å². The summed E-state index contributed by atoms with van der Waals surface area (Å²) in [6.07, 6.45) is 9.95. The third-order valence-corrected chi connectivity index (χ3v) is 6.51. The molecule has 29 heavy (non-hydrogen) atoms. The molecular formula is C23H31N3O3. The molecule has 1 amide bonds. The number of nitrogens with zero attached hydrogens (tertiary/aromatic N) is 2. The van der Waals surface area contributed by atoms with E-state index in [9.17, 15) is 4.79 Å². The van der Waals surface area contributed by atoms with E-state index in [0.717, 1.165) is 50.7 Å². The number of amides is 1. The highest BCUT2D eigenvalue weighted by Crippen LogP contribution is 2.38. The quantitative estimate of drug-likeness (QED) is 0.748. The largest absolute Gasteiger partial charge is 0.497 e. The van der Waals surface area contributed by atoms with E-state index in [1.165, 1.54) is 24.0 Å². The second kappa shape index (κ2) is 8.56. The van der Waals surface area contributed by atoms with Crippen molar-refractivity contribution in [1.82, 2.24) is 15.5 Å². The summed E-state index contributed by atoms with van der Waals surface area (Å²) in [5.41, 5.74) is 2.10. The zero-order chi connectivity index (χ0) is 20.3. The fourth-order valence-electron chi connectivity index (χ4n) is 5.00. The second-order valence-electron chi connectivity index (χ2n) is 8.54. The molecule has 0 aliphatic heterocycles. The van der Waals surface area contributed by atoms with Crippen molar-refractivity contribution in [1.29, 1.82) is 0 Å². The smallest absolute Gasteiger partial charge is 0.223 e. The summed E-state index contributed by atoms with van der Waals surface area (Å²) < 4.78 is 10.6. The lowest BCUT2D eigenvalue weighted by Gasteiger charge is -2.32. The Labute approximate surface area is 172 Å². The number of hydrogen-bond donors (Lipinski definition) is 1. The molecule has 1 fully saturated rings. The van der Waals surface area contributed by atoms with Crippen LogP contribution in [0.1, 0.15) is 86.5 Å². The van der Waals surface area contributed by atoms with E-state index in [0.29, 0.717) is 18.1 Å². The molecule has 1 heterocycles. The van der Waals surface area contributed by atoms with Gasteiger partial charge in [-0.3, -0.25) is 4.79 Å². The number of nitrogens with one attached hydrogen (secondary N) is 1. The molecule has 2 aliphatic rings. The van der Waals surface area contributed by atoms with Crippen LogP contribution in [-0.4, -0.2) is 23.2 Å². The summed E-state index contributed by atoms with van der Waals surface area (Å²) in [5, 5.41) is 7.55. The van der Waals surface area contributed by atoms with E-state index < -0.39 is 5.54 Å². The van der Waals surface area contributed by atoms with E-state index in [1.807, 2.05) is 6.07 Å². The summed E-state index contributed by atoms with van der Waals surface area (Å²) in [6, 6.07) is 6.26. The van der Waals surface area contributed by atoms with Crippen LogP contribution in [0.4, 0.5) is 0 Å². The minimum Gasteiger partial charge on any atom is -0.497 e. The topological polar surface area (TPSA) is 77.2 Å². The number of ether oxygens (including phenoxy) is 1. The number of rotatable bonds is 5. The van der Waals surface area contributed by atoms with Crippen molar-refractivity contribution >= 4 is 5.91 Å². The maximum Gasteiger partial charge on any atom is 0.223 e. The van der Waals surface area contributed by atoms with Gasteiger partial charge in [-0.25, -0.2) is 0 Å². The van der Waals surface area contributed by atoms with Crippen molar-refractivity contribution in [2.45, 2.75) is 82.6 Å². The van der Waals surface area contributed by atoms with Gasteiger partial charge in [0.05, 0.1) is 7.11 Å². The molecule has 0 saturated heterocycles. The third-order valence-electron chi connectivity index (χ3n) is 6.51. The van der Waals surface area contributed by atoms with Crippen LogP contribution in [0.2, 0.25) is 0 Å². The van der Waals surface area contributed by atoms with E-state index in [2.05, 4.69) is 27.6 Å². The molecule has 6 heteroatoms. The number of hydrogen-bond acceptors (Lipinski definition) is 5. The van der Waals surface area contributed by atoms with Crippen LogP contribution in [0, 0.1) is 6.92 Å². The molecule has 156 valence electrons. The molecule has 2 aromatic rings. The summed E-state index contributed by atoms with van der Waals surface area (Å²) >= 11 is 0. The standard InChI is InChI=1S/C23H31N3O3/c1-16-24-22(26-29-16)23(12-5-3-4-6-13-23)25-21(27)15-18-9-7-8-17-14-19(28-2)10-11-20(17)18/h10-11,14,18H,3-9,12-13,15H2,1-2H3,(H,25,27). The first-order valence-electron chi connectivity index (χ1n) is 10.9. The van der Waals surface area contributed by atoms with Crippen molar-refractivity contribution in [2.24, 2.45) is 0 Å². The zero-order valence-corrected chi connectivity index (χ0v) is 17.5. The van der Waals surface area contributed by atoms with Gasteiger partial charge in [0, 0.05) is 13.3 Å². The Morgan fingerprint density at radius 2 is 2.03 bits per heavy atom. The van der Waals surface area contributed by atoms with Crippen molar-refractivity contribution in [2.75, 3.05) is 7.11 Å². The third kappa shape index (κ3) is 4.31. The highest BCUT2D eigenvalue weighted by atomic mass is 16.5. The first-order chi connectivity index (χ1) is 14.1. The predicted molar refractivity (Wildman–Crippen MR) is 110 cm³/mol. The van der Waals surface area contributed by atoms with Gasteiger partial charge in [0.25, 0.3) is 0 Å².